The van der Waals surface area contributed by atoms with E-state index in [-0.39, 0.29) is 11.5 Å². The van der Waals surface area contributed by atoms with Gasteiger partial charge in [0.05, 0.1) is 17.3 Å². The normalized spacial score (nSPS) is 10.1. The van der Waals surface area contributed by atoms with Crippen molar-refractivity contribution in [1.29, 1.82) is 0 Å². The number of aromatic carboxylic acids is 1. The SMILES string of the molecule is Cc1cc(C(=O)O)ccc1NC(=O)c1cn[nH]c1. The maximum Gasteiger partial charge on any atom is 0.335 e. The van der Waals surface area contributed by atoms with Crippen molar-refractivity contribution < 1.29 is 14.7 Å². The topological polar surface area (TPSA) is 95.1 Å². The third kappa shape index (κ3) is 2.37. The molecule has 2 aromatic rings. The molecule has 0 saturated heterocycles. The highest BCUT2D eigenvalue weighted by molar-refractivity contribution is 6.04. The highest BCUT2D eigenvalue weighted by Crippen LogP contribution is 2.17. The number of H-pyrrole nitrogens is 1. The summed E-state index contributed by atoms with van der Waals surface area (Å²) < 4.78 is 0. The maximum absolute atomic E-state index is 11.8. The third-order valence-corrected chi connectivity index (χ3v) is 2.48. The minimum atomic E-state index is -0.995. The summed E-state index contributed by atoms with van der Waals surface area (Å²) in [5.41, 5.74) is 1.86. The Balaban J connectivity index is 2.20. The lowest BCUT2D eigenvalue weighted by atomic mass is 10.1. The van der Waals surface area contributed by atoms with Crippen LogP contribution in [0.4, 0.5) is 5.69 Å². The van der Waals surface area contributed by atoms with Gasteiger partial charge in [-0.3, -0.25) is 9.89 Å². The molecule has 0 fully saturated rings. The molecule has 1 amide bonds. The van der Waals surface area contributed by atoms with Gasteiger partial charge in [0.1, 0.15) is 0 Å². The zero-order chi connectivity index (χ0) is 13.1. The van der Waals surface area contributed by atoms with E-state index in [0.717, 1.165) is 0 Å². The highest BCUT2D eigenvalue weighted by Gasteiger charge is 2.10. The standard InChI is InChI=1S/C12H11N3O3/c1-7-4-8(12(17)18)2-3-10(7)15-11(16)9-5-13-14-6-9/h2-6H,1H3,(H,13,14)(H,15,16)(H,17,18). The van der Waals surface area contributed by atoms with Crippen LogP contribution in [0.5, 0.6) is 0 Å². The lowest BCUT2D eigenvalue weighted by Gasteiger charge is -2.07. The Bertz CT molecular complexity index is 591. The number of nitrogens with zero attached hydrogens (tertiary/aromatic N) is 1. The molecule has 6 heteroatoms. The van der Waals surface area contributed by atoms with Gasteiger partial charge < -0.3 is 10.4 Å². The number of amides is 1. The van der Waals surface area contributed by atoms with E-state index in [9.17, 15) is 9.59 Å². The molecule has 1 heterocycles. The summed E-state index contributed by atoms with van der Waals surface area (Å²) >= 11 is 0. The minimum Gasteiger partial charge on any atom is -0.478 e. The molecule has 6 nitrogen and oxygen atoms in total. The lowest BCUT2D eigenvalue weighted by molar-refractivity contribution is 0.0696. The second kappa shape index (κ2) is 4.70. The first-order valence-electron chi connectivity index (χ1n) is 5.22. The van der Waals surface area contributed by atoms with Gasteiger partial charge in [0.2, 0.25) is 0 Å². The first kappa shape index (κ1) is 11.8. The van der Waals surface area contributed by atoms with E-state index in [1.165, 1.54) is 24.5 Å². The van der Waals surface area contributed by atoms with Crippen molar-refractivity contribution in [3.05, 3.63) is 47.3 Å². The van der Waals surface area contributed by atoms with Crippen LogP contribution in [0.1, 0.15) is 26.3 Å². The average molecular weight is 245 g/mol. The van der Waals surface area contributed by atoms with Crippen molar-refractivity contribution in [2.24, 2.45) is 0 Å². The number of aryl methyl sites for hydroxylation is 1. The number of anilines is 1. The smallest absolute Gasteiger partial charge is 0.335 e. The van der Waals surface area contributed by atoms with Crippen molar-refractivity contribution in [3.63, 3.8) is 0 Å². The molecule has 0 bridgehead atoms. The first-order chi connectivity index (χ1) is 8.58. The van der Waals surface area contributed by atoms with Gasteiger partial charge in [0, 0.05) is 11.9 Å². The maximum atomic E-state index is 11.8. The van der Waals surface area contributed by atoms with Crippen LogP contribution in [0, 0.1) is 6.92 Å². The molecular weight excluding hydrogens is 234 g/mol. The van der Waals surface area contributed by atoms with Crippen molar-refractivity contribution in [2.45, 2.75) is 6.92 Å². The molecule has 0 radical (unpaired) electrons. The molecule has 0 saturated carbocycles. The molecule has 0 aliphatic heterocycles. The van der Waals surface area contributed by atoms with E-state index in [1.807, 2.05) is 0 Å². The van der Waals surface area contributed by atoms with Crippen LogP contribution < -0.4 is 5.32 Å². The third-order valence-electron chi connectivity index (χ3n) is 2.48. The summed E-state index contributed by atoms with van der Waals surface area (Å²) in [4.78, 5) is 22.5. The summed E-state index contributed by atoms with van der Waals surface area (Å²) in [6, 6.07) is 4.52. The summed E-state index contributed by atoms with van der Waals surface area (Å²) in [5.74, 6) is -1.29. The predicted molar refractivity (Wildman–Crippen MR) is 64.7 cm³/mol. The number of hydrogen-bond donors (Lipinski definition) is 3. The molecule has 0 unspecified atom stereocenters. The van der Waals surface area contributed by atoms with Crippen LogP contribution in [-0.4, -0.2) is 27.2 Å². The van der Waals surface area contributed by atoms with Crippen molar-refractivity contribution >= 4 is 17.6 Å². The number of aromatic nitrogens is 2. The fourth-order valence-electron chi connectivity index (χ4n) is 1.51. The Labute approximate surface area is 103 Å². The van der Waals surface area contributed by atoms with E-state index >= 15 is 0 Å². The molecule has 0 aliphatic rings. The monoisotopic (exact) mass is 245 g/mol. The molecule has 0 spiro atoms. The Morgan fingerprint density at radius 2 is 2.11 bits per heavy atom. The van der Waals surface area contributed by atoms with Crippen LogP contribution in [0.25, 0.3) is 0 Å². The average Bonchev–Trinajstić information content (AvgIpc) is 2.85. The molecule has 1 aromatic carbocycles. The van der Waals surface area contributed by atoms with E-state index in [0.29, 0.717) is 16.8 Å². The van der Waals surface area contributed by atoms with Crippen LogP contribution in [-0.2, 0) is 0 Å². The summed E-state index contributed by atoms with van der Waals surface area (Å²) in [5, 5.41) is 17.7. The second-order valence-corrected chi connectivity index (χ2v) is 3.78. The van der Waals surface area contributed by atoms with Crippen LogP contribution in [0.2, 0.25) is 0 Å². The summed E-state index contributed by atoms with van der Waals surface area (Å²) in [6.07, 6.45) is 2.90. The number of rotatable bonds is 3. The van der Waals surface area contributed by atoms with Gasteiger partial charge in [-0.25, -0.2) is 4.79 Å². The quantitative estimate of drug-likeness (QED) is 0.766. The fourth-order valence-corrected chi connectivity index (χ4v) is 1.51. The molecule has 92 valence electrons. The van der Waals surface area contributed by atoms with E-state index in [2.05, 4.69) is 15.5 Å². The lowest BCUT2D eigenvalue weighted by Crippen LogP contribution is -2.12. The van der Waals surface area contributed by atoms with Gasteiger partial charge in [-0.05, 0) is 30.7 Å². The largest absolute Gasteiger partial charge is 0.478 e. The van der Waals surface area contributed by atoms with Crippen LogP contribution in [0.15, 0.2) is 30.6 Å². The number of carboxylic acid groups (broad SMARTS) is 1. The Kier molecular flexibility index (Phi) is 3.09. The molecule has 18 heavy (non-hydrogen) atoms. The number of aromatic amines is 1. The second-order valence-electron chi connectivity index (χ2n) is 3.78. The number of nitrogens with one attached hydrogen (secondary N) is 2. The molecule has 0 aliphatic carbocycles. The van der Waals surface area contributed by atoms with Crippen LogP contribution in [0.3, 0.4) is 0 Å². The first-order valence-corrected chi connectivity index (χ1v) is 5.22. The Hall–Kier alpha value is -2.63. The van der Waals surface area contributed by atoms with Crippen molar-refractivity contribution in [3.8, 4) is 0 Å². The summed E-state index contributed by atoms with van der Waals surface area (Å²) in [7, 11) is 0. The van der Waals surface area contributed by atoms with Gasteiger partial charge in [0.15, 0.2) is 0 Å². The molecule has 3 N–H and O–H groups in total. The number of hydrogen-bond acceptors (Lipinski definition) is 3. The van der Waals surface area contributed by atoms with E-state index in [4.69, 9.17) is 5.11 Å². The van der Waals surface area contributed by atoms with Crippen molar-refractivity contribution in [2.75, 3.05) is 5.32 Å². The molecule has 1 aromatic heterocycles. The number of carbonyl (C=O) groups excluding carboxylic acids is 1. The van der Waals surface area contributed by atoms with E-state index < -0.39 is 5.97 Å². The fraction of sp³-hybridized carbons (Fsp3) is 0.0833. The predicted octanol–water partition coefficient (Wildman–Crippen LogP) is 1.67. The Morgan fingerprint density at radius 1 is 1.33 bits per heavy atom. The van der Waals surface area contributed by atoms with Gasteiger partial charge in [0.25, 0.3) is 5.91 Å². The van der Waals surface area contributed by atoms with Gasteiger partial charge >= 0.3 is 5.97 Å². The molecule has 0 atom stereocenters. The van der Waals surface area contributed by atoms with Gasteiger partial charge in [-0.2, -0.15) is 5.10 Å². The Morgan fingerprint density at radius 3 is 2.67 bits per heavy atom. The number of carbonyl (C=O) groups is 2. The number of carboxylic acids is 1. The summed E-state index contributed by atoms with van der Waals surface area (Å²) in [6.45, 7) is 1.73. The van der Waals surface area contributed by atoms with E-state index in [1.54, 1.807) is 13.0 Å². The zero-order valence-electron chi connectivity index (χ0n) is 9.60. The minimum absolute atomic E-state index is 0.189. The van der Waals surface area contributed by atoms with Gasteiger partial charge in [-0.15, -0.1) is 0 Å². The highest BCUT2D eigenvalue weighted by atomic mass is 16.4. The molecular formula is C12H11N3O3. The molecule has 2 rings (SSSR count). The number of benzene rings is 1. The van der Waals surface area contributed by atoms with Crippen LogP contribution >= 0.6 is 0 Å². The van der Waals surface area contributed by atoms with Crippen molar-refractivity contribution in [1.82, 2.24) is 10.2 Å². The van der Waals surface area contributed by atoms with Gasteiger partial charge in [-0.1, -0.05) is 0 Å². The zero-order valence-corrected chi connectivity index (χ0v) is 9.60.